The van der Waals surface area contributed by atoms with Crippen molar-refractivity contribution in [1.29, 1.82) is 0 Å². The molecule has 3 heteroatoms. The summed E-state index contributed by atoms with van der Waals surface area (Å²) in [5.41, 5.74) is 3.48. The van der Waals surface area contributed by atoms with Crippen LogP contribution < -0.4 is 5.56 Å². The van der Waals surface area contributed by atoms with Crippen LogP contribution in [0.1, 0.15) is 29.2 Å². The van der Waals surface area contributed by atoms with Crippen molar-refractivity contribution in [2.24, 2.45) is 0 Å². The lowest BCUT2D eigenvalue weighted by molar-refractivity contribution is 0.472. The van der Waals surface area contributed by atoms with Gasteiger partial charge in [-0.3, -0.25) is 4.79 Å². The molecule has 3 rings (SSSR count). The smallest absolute Gasteiger partial charge is 0.248 e. The van der Waals surface area contributed by atoms with Crippen LogP contribution in [0.4, 0.5) is 0 Å². The molecule has 0 spiro atoms. The molecule has 2 N–H and O–H groups in total. The number of benzene rings is 1. The van der Waals surface area contributed by atoms with E-state index in [-0.39, 0.29) is 5.56 Å². The van der Waals surface area contributed by atoms with Gasteiger partial charge in [-0.25, -0.2) is 0 Å². The maximum Gasteiger partial charge on any atom is 0.248 e. The Morgan fingerprint density at radius 2 is 2.06 bits per heavy atom. The average Bonchev–Trinajstić information content (AvgIpc) is 2.38. The first-order valence-corrected chi connectivity index (χ1v) is 6.22. The summed E-state index contributed by atoms with van der Waals surface area (Å²) in [6.45, 7) is 0. The molecule has 1 aromatic carbocycles. The van der Waals surface area contributed by atoms with Crippen molar-refractivity contribution in [3.05, 3.63) is 63.6 Å². The van der Waals surface area contributed by atoms with Crippen LogP contribution in [0.15, 0.2) is 41.2 Å². The number of aromatic nitrogens is 1. The van der Waals surface area contributed by atoms with E-state index in [9.17, 15) is 9.90 Å². The van der Waals surface area contributed by atoms with Crippen molar-refractivity contribution < 1.29 is 5.11 Å². The summed E-state index contributed by atoms with van der Waals surface area (Å²) in [5, 5.41) is 9.46. The molecule has 92 valence electrons. The molecule has 1 aliphatic rings. The number of nitrogens with one attached hydrogen (secondary N) is 1. The topological polar surface area (TPSA) is 53.1 Å². The number of phenolic OH excluding ortho intramolecular Hbond substituents is 1. The second-order valence-corrected chi connectivity index (χ2v) is 4.86. The summed E-state index contributed by atoms with van der Waals surface area (Å²) in [5.74, 6) is 0.705. The highest BCUT2D eigenvalue weighted by Crippen LogP contribution is 2.32. The highest BCUT2D eigenvalue weighted by Gasteiger charge is 2.20. The molecule has 0 radical (unpaired) electrons. The van der Waals surface area contributed by atoms with Crippen molar-refractivity contribution in [2.75, 3.05) is 0 Å². The minimum absolute atomic E-state index is 0.0380. The zero-order chi connectivity index (χ0) is 12.5. The predicted molar refractivity (Wildman–Crippen MR) is 69.9 cm³/mol. The maximum atomic E-state index is 11.3. The Kier molecular flexibility index (Phi) is 2.67. The van der Waals surface area contributed by atoms with Crippen LogP contribution in [-0.4, -0.2) is 10.1 Å². The Bertz CT molecular complexity index is 630. The van der Waals surface area contributed by atoms with Crippen LogP contribution in [0.5, 0.6) is 5.75 Å². The van der Waals surface area contributed by atoms with Crippen molar-refractivity contribution >= 4 is 0 Å². The first-order chi connectivity index (χ1) is 8.72. The molecule has 0 saturated carbocycles. The van der Waals surface area contributed by atoms with Crippen LogP contribution in [0.2, 0.25) is 0 Å². The lowest BCUT2D eigenvalue weighted by atomic mass is 9.82. The van der Waals surface area contributed by atoms with Gasteiger partial charge in [0, 0.05) is 17.7 Å². The molecule has 0 aliphatic heterocycles. The van der Waals surface area contributed by atoms with Crippen LogP contribution in [-0.2, 0) is 12.8 Å². The van der Waals surface area contributed by atoms with Gasteiger partial charge < -0.3 is 10.1 Å². The van der Waals surface area contributed by atoms with Crippen molar-refractivity contribution in [3.63, 3.8) is 0 Å². The molecule has 1 aromatic heterocycles. The Morgan fingerprint density at radius 1 is 1.17 bits per heavy atom. The molecule has 0 amide bonds. The zero-order valence-corrected chi connectivity index (χ0v) is 10.0. The molecule has 1 heterocycles. The highest BCUT2D eigenvalue weighted by atomic mass is 16.3. The number of phenols is 1. The number of hydrogen-bond acceptors (Lipinski definition) is 2. The highest BCUT2D eigenvalue weighted by molar-refractivity contribution is 5.38. The molecule has 0 fully saturated rings. The van der Waals surface area contributed by atoms with E-state index in [1.807, 2.05) is 18.2 Å². The van der Waals surface area contributed by atoms with Gasteiger partial charge in [-0.15, -0.1) is 0 Å². The SMILES string of the molecule is O=c1cccc([C@H]2CCc3cc(O)ccc3C2)[nH]1. The molecule has 0 unspecified atom stereocenters. The van der Waals surface area contributed by atoms with Crippen LogP contribution >= 0.6 is 0 Å². The van der Waals surface area contributed by atoms with Crippen LogP contribution in [0, 0.1) is 0 Å². The number of pyridine rings is 1. The third kappa shape index (κ3) is 2.04. The molecular formula is C15H15NO2. The van der Waals surface area contributed by atoms with E-state index in [0.29, 0.717) is 11.7 Å². The molecule has 18 heavy (non-hydrogen) atoms. The second kappa shape index (κ2) is 4.33. The quantitative estimate of drug-likeness (QED) is 0.805. The van der Waals surface area contributed by atoms with Gasteiger partial charge in [0.15, 0.2) is 0 Å². The fourth-order valence-electron chi connectivity index (χ4n) is 2.71. The van der Waals surface area contributed by atoms with Gasteiger partial charge in [0.2, 0.25) is 5.56 Å². The molecule has 0 bridgehead atoms. The zero-order valence-electron chi connectivity index (χ0n) is 10.0. The fourth-order valence-corrected chi connectivity index (χ4v) is 2.71. The van der Waals surface area contributed by atoms with Gasteiger partial charge in [-0.2, -0.15) is 0 Å². The Morgan fingerprint density at radius 3 is 2.89 bits per heavy atom. The predicted octanol–water partition coefficient (Wildman–Crippen LogP) is 2.35. The number of aromatic amines is 1. The van der Waals surface area contributed by atoms with Crippen LogP contribution in [0.3, 0.4) is 0 Å². The summed E-state index contributed by atoms with van der Waals surface area (Å²) in [4.78, 5) is 14.2. The van der Waals surface area contributed by atoms with E-state index in [1.54, 1.807) is 12.1 Å². The van der Waals surface area contributed by atoms with Crippen molar-refractivity contribution in [2.45, 2.75) is 25.2 Å². The summed E-state index contributed by atoms with van der Waals surface area (Å²) in [6.07, 6.45) is 2.89. The number of hydrogen-bond donors (Lipinski definition) is 2. The third-order valence-electron chi connectivity index (χ3n) is 3.65. The number of H-pyrrole nitrogens is 1. The standard InChI is InChI=1S/C15H15NO2/c17-13-7-6-10-8-12(5-4-11(10)9-13)14-2-1-3-15(18)16-14/h1-3,6-7,9,12,17H,4-5,8H2,(H,16,18)/t12-/m0/s1. The van der Waals surface area contributed by atoms with Gasteiger partial charge >= 0.3 is 0 Å². The molecule has 0 saturated heterocycles. The lowest BCUT2D eigenvalue weighted by Crippen LogP contribution is -2.17. The molecule has 1 atom stereocenters. The summed E-state index contributed by atoms with van der Waals surface area (Å²) in [7, 11) is 0. The monoisotopic (exact) mass is 241 g/mol. The Balaban J connectivity index is 1.91. The van der Waals surface area contributed by atoms with Crippen molar-refractivity contribution in [1.82, 2.24) is 4.98 Å². The van der Waals surface area contributed by atoms with Gasteiger partial charge in [-0.05, 0) is 48.6 Å². The molecule has 3 nitrogen and oxygen atoms in total. The summed E-state index contributed by atoms with van der Waals surface area (Å²) < 4.78 is 0. The van der Waals surface area contributed by atoms with Crippen molar-refractivity contribution in [3.8, 4) is 5.75 Å². The minimum atomic E-state index is -0.0380. The van der Waals surface area contributed by atoms with E-state index in [4.69, 9.17) is 0 Å². The van der Waals surface area contributed by atoms with Gasteiger partial charge in [0.25, 0.3) is 0 Å². The number of rotatable bonds is 1. The lowest BCUT2D eigenvalue weighted by Gasteiger charge is -2.24. The van der Waals surface area contributed by atoms with Crippen LogP contribution in [0.25, 0.3) is 0 Å². The van der Waals surface area contributed by atoms with E-state index >= 15 is 0 Å². The third-order valence-corrected chi connectivity index (χ3v) is 3.65. The van der Waals surface area contributed by atoms with E-state index in [0.717, 1.165) is 25.0 Å². The Hall–Kier alpha value is -2.03. The van der Waals surface area contributed by atoms with E-state index in [2.05, 4.69) is 4.98 Å². The summed E-state index contributed by atoms with van der Waals surface area (Å²) >= 11 is 0. The molecular weight excluding hydrogens is 226 g/mol. The Labute approximate surface area is 105 Å². The second-order valence-electron chi connectivity index (χ2n) is 4.86. The average molecular weight is 241 g/mol. The minimum Gasteiger partial charge on any atom is -0.508 e. The van der Waals surface area contributed by atoms with Gasteiger partial charge in [-0.1, -0.05) is 12.1 Å². The largest absolute Gasteiger partial charge is 0.508 e. The van der Waals surface area contributed by atoms with E-state index < -0.39 is 0 Å². The van der Waals surface area contributed by atoms with Gasteiger partial charge in [0.05, 0.1) is 0 Å². The first-order valence-electron chi connectivity index (χ1n) is 6.22. The summed E-state index contributed by atoms with van der Waals surface area (Å²) in [6, 6.07) is 10.9. The molecule has 1 aliphatic carbocycles. The normalized spacial score (nSPS) is 18.3. The maximum absolute atomic E-state index is 11.3. The number of fused-ring (bicyclic) bond motifs is 1. The molecule has 2 aromatic rings. The number of aromatic hydroxyl groups is 1. The number of aryl methyl sites for hydroxylation is 1. The van der Waals surface area contributed by atoms with Gasteiger partial charge in [0.1, 0.15) is 5.75 Å². The van der Waals surface area contributed by atoms with E-state index in [1.165, 1.54) is 17.2 Å². The fraction of sp³-hybridized carbons (Fsp3) is 0.267. The first kappa shape index (κ1) is 11.1.